The summed E-state index contributed by atoms with van der Waals surface area (Å²) in [6.45, 7) is 8.86. The number of piperidine rings is 1. The zero-order valence-electron chi connectivity index (χ0n) is 24.3. The van der Waals surface area contributed by atoms with E-state index >= 15 is 0 Å². The van der Waals surface area contributed by atoms with Crippen molar-refractivity contribution >= 4 is 45.3 Å². The van der Waals surface area contributed by atoms with E-state index < -0.39 is 11.2 Å². The predicted octanol–water partition coefficient (Wildman–Crippen LogP) is 4.75. The summed E-state index contributed by atoms with van der Waals surface area (Å²) in [5.74, 6) is 2.32. The van der Waals surface area contributed by atoms with Crippen LogP contribution in [0.1, 0.15) is 56.6 Å². The van der Waals surface area contributed by atoms with Gasteiger partial charge in [0.25, 0.3) is 5.04 Å². The summed E-state index contributed by atoms with van der Waals surface area (Å²) < 4.78 is 19.0. The van der Waals surface area contributed by atoms with Crippen LogP contribution in [0.3, 0.4) is 0 Å². The van der Waals surface area contributed by atoms with Gasteiger partial charge in [-0.2, -0.15) is 4.98 Å². The number of aliphatic hydroxyl groups excluding tert-OH is 1. The van der Waals surface area contributed by atoms with Crippen LogP contribution < -0.4 is 20.7 Å². The Bertz CT molecular complexity index is 1240. The second kappa shape index (κ2) is 14.6. The summed E-state index contributed by atoms with van der Waals surface area (Å²) in [6, 6.07) is 4.23. The number of halogens is 1. The number of likely N-dealkylation sites (tertiary alicyclic amines) is 1. The second-order valence-electron chi connectivity index (χ2n) is 11.1. The SMILES string of the molecule is CN/C=C(/Nc1nc(Nc2cc(C)c(C3CCCN(CCO)C3)cc2OC2CC2)ncc1Cl)C(=N)[S+]([O-])CC(C)C. The fourth-order valence-corrected chi connectivity index (χ4v) is 6.20. The third kappa shape index (κ3) is 8.71. The van der Waals surface area contributed by atoms with E-state index in [2.05, 4.69) is 49.9 Å². The standard InChI is InChI=1S/C29H42ClN7O3S/c1-18(2)17-41(39)27(31)25(15-32-4)34-28-23(30)14-33-29(36-28)35-24-12-19(3)22(13-26(24)40-21-7-8-21)20-6-5-9-37(16-20)10-11-38/h12-15,18,20-21,31-32,38H,5-11,16-17H2,1-4H3,(H2,33,34,35,36)/b25-15+,31-27?. The van der Waals surface area contributed by atoms with Crippen molar-refractivity contribution in [1.29, 1.82) is 5.41 Å². The van der Waals surface area contributed by atoms with Crippen molar-refractivity contribution in [2.75, 3.05) is 49.7 Å². The summed E-state index contributed by atoms with van der Waals surface area (Å²) >= 11 is 4.95. The number of hydrogen-bond acceptors (Lipinski definition) is 10. The monoisotopic (exact) mass is 603 g/mol. The molecule has 2 aliphatic rings. The van der Waals surface area contributed by atoms with Crippen LogP contribution in [0.15, 0.2) is 30.2 Å². The topological polar surface area (TPSA) is 141 Å². The second-order valence-corrected chi connectivity index (χ2v) is 12.9. The molecule has 224 valence electrons. The van der Waals surface area contributed by atoms with Crippen LogP contribution in [0.4, 0.5) is 17.5 Å². The normalized spacial score (nSPS) is 18.7. The number of β-amino-alcohol motifs (C(OH)–C–C–N with tert-alkyl or cyclic N) is 1. The zero-order valence-corrected chi connectivity index (χ0v) is 25.9. The highest BCUT2D eigenvalue weighted by Crippen LogP contribution is 2.39. The van der Waals surface area contributed by atoms with Crippen LogP contribution in [0.5, 0.6) is 5.75 Å². The van der Waals surface area contributed by atoms with Crippen LogP contribution in [-0.4, -0.2) is 74.7 Å². The molecule has 1 aliphatic carbocycles. The van der Waals surface area contributed by atoms with Gasteiger partial charge in [0, 0.05) is 37.5 Å². The van der Waals surface area contributed by atoms with Crippen molar-refractivity contribution in [3.63, 3.8) is 0 Å². The molecular weight excluding hydrogens is 562 g/mol. The Hall–Kier alpha value is -2.57. The Kier molecular flexibility index (Phi) is 11.1. The van der Waals surface area contributed by atoms with Gasteiger partial charge in [-0.3, -0.25) is 5.41 Å². The van der Waals surface area contributed by atoms with Crippen LogP contribution in [0, 0.1) is 18.3 Å². The molecule has 2 aromatic rings. The van der Waals surface area contributed by atoms with Gasteiger partial charge in [0.05, 0.1) is 24.6 Å². The third-order valence-electron chi connectivity index (χ3n) is 7.04. The van der Waals surface area contributed by atoms with Gasteiger partial charge in [-0.05, 0) is 74.2 Å². The molecule has 1 aliphatic heterocycles. The van der Waals surface area contributed by atoms with Crippen LogP contribution in [-0.2, 0) is 11.2 Å². The highest BCUT2D eigenvalue weighted by Gasteiger charge is 2.28. The largest absolute Gasteiger partial charge is 0.610 e. The number of anilines is 3. The summed E-state index contributed by atoms with van der Waals surface area (Å²) in [7, 11) is 1.71. The van der Waals surface area contributed by atoms with E-state index in [1.54, 1.807) is 13.2 Å². The maximum atomic E-state index is 12.7. The maximum absolute atomic E-state index is 12.7. The molecule has 1 aromatic carbocycles. The number of aliphatic hydroxyl groups is 1. The Morgan fingerprint density at radius 1 is 1.34 bits per heavy atom. The molecule has 1 aromatic heterocycles. The molecule has 4 rings (SSSR count). The van der Waals surface area contributed by atoms with Gasteiger partial charge >= 0.3 is 0 Å². The fourth-order valence-electron chi connectivity index (χ4n) is 4.93. The molecule has 12 heteroatoms. The summed E-state index contributed by atoms with van der Waals surface area (Å²) in [4.78, 5) is 11.3. The number of aromatic nitrogens is 2. The molecule has 10 nitrogen and oxygen atoms in total. The van der Waals surface area contributed by atoms with Gasteiger partial charge in [-0.15, -0.1) is 0 Å². The highest BCUT2D eigenvalue weighted by molar-refractivity contribution is 8.06. The van der Waals surface area contributed by atoms with Crippen molar-refractivity contribution in [3.8, 4) is 5.75 Å². The molecule has 1 saturated carbocycles. The van der Waals surface area contributed by atoms with Gasteiger partial charge in [-0.25, -0.2) is 4.98 Å². The highest BCUT2D eigenvalue weighted by atomic mass is 35.5. The van der Waals surface area contributed by atoms with Gasteiger partial charge in [0.15, 0.2) is 5.82 Å². The molecule has 0 amide bonds. The minimum Gasteiger partial charge on any atom is -0.610 e. The van der Waals surface area contributed by atoms with E-state index in [1.165, 1.54) is 11.8 Å². The Morgan fingerprint density at radius 3 is 2.80 bits per heavy atom. The minimum absolute atomic E-state index is 0.0381. The lowest BCUT2D eigenvalue weighted by Crippen LogP contribution is -2.36. The molecule has 0 radical (unpaired) electrons. The van der Waals surface area contributed by atoms with E-state index in [1.807, 2.05) is 13.8 Å². The molecule has 2 heterocycles. The first-order chi connectivity index (χ1) is 19.7. The average molecular weight is 604 g/mol. The molecule has 0 spiro atoms. The van der Waals surface area contributed by atoms with Crippen molar-refractivity contribution in [3.05, 3.63) is 46.4 Å². The molecule has 2 atom stereocenters. The third-order valence-corrected chi connectivity index (χ3v) is 8.96. The van der Waals surface area contributed by atoms with Crippen molar-refractivity contribution in [2.24, 2.45) is 5.92 Å². The van der Waals surface area contributed by atoms with Crippen molar-refractivity contribution in [2.45, 2.75) is 58.5 Å². The van der Waals surface area contributed by atoms with Gasteiger partial charge in [0.1, 0.15) is 22.2 Å². The average Bonchev–Trinajstić information content (AvgIpc) is 3.75. The molecule has 2 unspecified atom stereocenters. The summed E-state index contributed by atoms with van der Waals surface area (Å²) in [6.07, 6.45) is 7.54. The maximum Gasteiger partial charge on any atom is 0.262 e. The first-order valence-corrected chi connectivity index (χ1v) is 15.9. The van der Waals surface area contributed by atoms with Crippen LogP contribution in [0.2, 0.25) is 5.02 Å². The Labute approximate surface area is 251 Å². The zero-order chi connectivity index (χ0) is 29.5. The molecule has 5 N–H and O–H groups in total. The molecule has 1 saturated heterocycles. The summed E-state index contributed by atoms with van der Waals surface area (Å²) in [5, 5.41) is 27.4. The quantitative estimate of drug-likeness (QED) is 0.125. The molecular formula is C29H42ClN7O3S. The number of rotatable bonds is 13. The van der Waals surface area contributed by atoms with E-state index in [-0.39, 0.29) is 28.7 Å². The van der Waals surface area contributed by atoms with E-state index in [4.69, 9.17) is 21.7 Å². The smallest absolute Gasteiger partial charge is 0.262 e. The first-order valence-electron chi connectivity index (χ1n) is 14.2. The number of benzene rings is 1. The van der Waals surface area contributed by atoms with Gasteiger partial charge in [-0.1, -0.05) is 25.4 Å². The Balaban J connectivity index is 1.57. The van der Waals surface area contributed by atoms with E-state index in [9.17, 15) is 9.66 Å². The molecule has 41 heavy (non-hydrogen) atoms. The lowest BCUT2D eigenvalue weighted by atomic mass is 9.87. The predicted molar refractivity (Wildman–Crippen MR) is 167 cm³/mol. The van der Waals surface area contributed by atoms with Crippen LogP contribution in [0.25, 0.3) is 0 Å². The number of ether oxygens (including phenoxy) is 1. The minimum atomic E-state index is -1.48. The number of aryl methyl sites for hydroxylation is 1. The number of nitrogens with one attached hydrogen (secondary N) is 4. The van der Waals surface area contributed by atoms with E-state index in [0.717, 1.165) is 55.8 Å². The van der Waals surface area contributed by atoms with Crippen molar-refractivity contribution in [1.82, 2.24) is 20.2 Å². The van der Waals surface area contributed by atoms with Gasteiger partial charge < -0.3 is 35.2 Å². The number of nitrogens with zero attached hydrogens (tertiary/aromatic N) is 3. The summed E-state index contributed by atoms with van der Waals surface area (Å²) in [5.41, 5.74) is 3.51. The lowest BCUT2D eigenvalue weighted by Gasteiger charge is -2.33. The number of hydrogen-bond donors (Lipinski definition) is 5. The van der Waals surface area contributed by atoms with Gasteiger partial charge in [0.2, 0.25) is 5.95 Å². The Morgan fingerprint density at radius 2 is 2.12 bits per heavy atom. The first kappa shape index (κ1) is 31.4. The molecule has 2 fully saturated rings. The van der Waals surface area contributed by atoms with Crippen molar-refractivity contribution < 1.29 is 14.4 Å². The van der Waals surface area contributed by atoms with E-state index in [0.29, 0.717) is 35.7 Å². The van der Waals surface area contributed by atoms with Crippen LogP contribution >= 0.6 is 11.6 Å². The fraction of sp³-hybridized carbons (Fsp3) is 0.552. The lowest BCUT2D eigenvalue weighted by molar-refractivity contribution is 0.161. The molecule has 0 bridgehead atoms.